The summed E-state index contributed by atoms with van der Waals surface area (Å²) in [6, 6.07) is 14.3. The molecule has 2 aromatic rings. The first kappa shape index (κ1) is 15.1. The summed E-state index contributed by atoms with van der Waals surface area (Å²) in [4.78, 5) is 11.7. The monoisotopic (exact) mass is 345 g/mol. The third-order valence-electron chi connectivity index (χ3n) is 2.82. The predicted octanol–water partition coefficient (Wildman–Crippen LogP) is 3.69. The molecule has 2 aromatic carbocycles. The highest BCUT2D eigenvalue weighted by atomic mass is 79.9. The van der Waals surface area contributed by atoms with E-state index in [9.17, 15) is 4.79 Å². The number of ether oxygens (including phenoxy) is 2. The first-order valence-electron chi connectivity index (χ1n) is 6.13. The molecule has 0 fully saturated rings. The maximum absolute atomic E-state index is 11.7. The standard InChI is InChI=1S/C16H12BrNO3/c1-20-16(19)14-8-13(17)6-7-15(14)21-10-12-4-2-11(9-18)3-5-12/h2-8H,10H2,1H3. The fraction of sp³-hybridized carbons (Fsp3) is 0.125. The van der Waals surface area contributed by atoms with Crippen molar-refractivity contribution in [3.8, 4) is 11.8 Å². The molecule has 5 heteroatoms. The van der Waals surface area contributed by atoms with Crippen molar-refractivity contribution in [1.29, 1.82) is 5.26 Å². The van der Waals surface area contributed by atoms with E-state index in [1.807, 2.05) is 12.1 Å². The first-order chi connectivity index (χ1) is 10.1. The largest absolute Gasteiger partial charge is 0.488 e. The predicted molar refractivity (Wildman–Crippen MR) is 81.0 cm³/mol. The van der Waals surface area contributed by atoms with Crippen molar-refractivity contribution in [2.75, 3.05) is 7.11 Å². The van der Waals surface area contributed by atoms with Gasteiger partial charge >= 0.3 is 5.97 Å². The fourth-order valence-corrected chi connectivity index (χ4v) is 2.10. The molecule has 0 bridgehead atoms. The lowest BCUT2D eigenvalue weighted by atomic mass is 10.1. The molecule has 0 radical (unpaired) electrons. The number of rotatable bonds is 4. The summed E-state index contributed by atoms with van der Waals surface area (Å²) in [6.45, 7) is 0.303. The summed E-state index contributed by atoms with van der Waals surface area (Å²) >= 11 is 3.31. The van der Waals surface area contributed by atoms with Crippen LogP contribution in [0.1, 0.15) is 21.5 Å². The lowest BCUT2D eigenvalue weighted by Crippen LogP contribution is -2.06. The Morgan fingerprint density at radius 3 is 2.57 bits per heavy atom. The van der Waals surface area contributed by atoms with Crippen molar-refractivity contribution in [2.45, 2.75) is 6.61 Å². The van der Waals surface area contributed by atoms with Crippen LogP contribution in [0.25, 0.3) is 0 Å². The van der Waals surface area contributed by atoms with Gasteiger partial charge in [0.2, 0.25) is 0 Å². The number of methoxy groups -OCH3 is 1. The van der Waals surface area contributed by atoms with Gasteiger partial charge in [0.1, 0.15) is 17.9 Å². The zero-order valence-electron chi connectivity index (χ0n) is 11.3. The van der Waals surface area contributed by atoms with Crippen LogP contribution in [0.15, 0.2) is 46.9 Å². The summed E-state index contributed by atoms with van der Waals surface area (Å²) in [5.41, 5.74) is 1.87. The van der Waals surface area contributed by atoms with Crippen LogP contribution >= 0.6 is 15.9 Å². The van der Waals surface area contributed by atoms with Gasteiger partial charge in [0.05, 0.1) is 18.7 Å². The van der Waals surface area contributed by atoms with E-state index in [-0.39, 0.29) is 0 Å². The molecule has 106 valence electrons. The molecular weight excluding hydrogens is 334 g/mol. The Bertz CT molecular complexity index is 690. The molecule has 0 saturated heterocycles. The number of nitriles is 1. The number of benzene rings is 2. The van der Waals surface area contributed by atoms with Gasteiger partial charge in [-0.25, -0.2) is 4.79 Å². The quantitative estimate of drug-likeness (QED) is 0.793. The third-order valence-corrected chi connectivity index (χ3v) is 3.32. The number of carbonyl (C=O) groups is 1. The highest BCUT2D eigenvalue weighted by Gasteiger charge is 2.13. The van der Waals surface area contributed by atoms with Crippen LogP contribution in [0.2, 0.25) is 0 Å². The first-order valence-corrected chi connectivity index (χ1v) is 6.93. The zero-order chi connectivity index (χ0) is 15.2. The Morgan fingerprint density at radius 1 is 1.24 bits per heavy atom. The molecule has 0 spiro atoms. The van der Waals surface area contributed by atoms with Crippen molar-refractivity contribution < 1.29 is 14.3 Å². The molecule has 21 heavy (non-hydrogen) atoms. The van der Waals surface area contributed by atoms with Crippen LogP contribution in [0.5, 0.6) is 5.75 Å². The number of carbonyl (C=O) groups excluding carboxylic acids is 1. The van der Waals surface area contributed by atoms with Crippen LogP contribution in [-0.2, 0) is 11.3 Å². The smallest absolute Gasteiger partial charge is 0.341 e. The van der Waals surface area contributed by atoms with Gasteiger partial charge in [-0.05, 0) is 35.9 Å². The number of nitrogens with zero attached hydrogens (tertiary/aromatic N) is 1. The van der Waals surface area contributed by atoms with Crippen LogP contribution in [0, 0.1) is 11.3 Å². The minimum Gasteiger partial charge on any atom is -0.488 e. The van der Waals surface area contributed by atoms with Crippen molar-refractivity contribution in [3.63, 3.8) is 0 Å². The molecule has 0 saturated carbocycles. The minimum absolute atomic E-state index is 0.303. The molecule has 0 aliphatic carbocycles. The SMILES string of the molecule is COC(=O)c1cc(Br)ccc1OCc1ccc(C#N)cc1. The zero-order valence-corrected chi connectivity index (χ0v) is 12.9. The van der Waals surface area contributed by atoms with E-state index in [2.05, 4.69) is 22.0 Å². The summed E-state index contributed by atoms with van der Waals surface area (Å²) in [7, 11) is 1.33. The Morgan fingerprint density at radius 2 is 1.95 bits per heavy atom. The van der Waals surface area contributed by atoms with Crippen LogP contribution in [0.3, 0.4) is 0 Å². The molecule has 0 unspecified atom stereocenters. The average molecular weight is 346 g/mol. The Balaban J connectivity index is 2.15. The average Bonchev–Trinajstić information content (AvgIpc) is 2.53. The van der Waals surface area contributed by atoms with Gasteiger partial charge in [0.25, 0.3) is 0 Å². The summed E-state index contributed by atoms with van der Waals surface area (Å²) in [5, 5.41) is 8.75. The molecule has 0 N–H and O–H groups in total. The second kappa shape index (κ2) is 6.91. The normalized spacial score (nSPS) is 9.76. The van der Waals surface area contributed by atoms with Crippen LogP contribution in [0.4, 0.5) is 0 Å². The topological polar surface area (TPSA) is 59.3 Å². The highest BCUT2D eigenvalue weighted by Crippen LogP contribution is 2.25. The van der Waals surface area contributed by atoms with Crippen molar-refractivity contribution >= 4 is 21.9 Å². The molecule has 0 aliphatic heterocycles. The highest BCUT2D eigenvalue weighted by molar-refractivity contribution is 9.10. The van der Waals surface area contributed by atoms with Gasteiger partial charge in [-0.2, -0.15) is 5.26 Å². The van der Waals surface area contributed by atoms with Crippen LogP contribution in [-0.4, -0.2) is 13.1 Å². The van der Waals surface area contributed by atoms with Gasteiger partial charge in [-0.15, -0.1) is 0 Å². The van der Waals surface area contributed by atoms with Crippen molar-refractivity contribution in [2.24, 2.45) is 0 Å². The molecule has 4 nitrogen and oxygen atoms in total. The van der Waals surface area contributed by atoms with Gasteiger partial charge < -0.3 is 9.47 Å². The van der Waals surface area contributed by atoms with Gasteiger partial charge in [0.15, 0.2) is 0 Å². The molecular formula is C16H12BrNO3. The molecule has 0 atom stereocenters. The fourth-order valence-electron chi connectivity index (χ4n) is 1.73. The molecule has 0 amide bonds. The molecule has 0 heterocycles. The Labute approximate surface area is 131 Å². The van der Waals surface area contributed by atoms with E-state index in [1.165, 1.54) is 7.11 Å². The van der Waals surface area contributed by atoms with Crippen LogP contribution < -0.4 is 4.74 Å². The maximum Gasteiger partial charge on any atom is 0.341 e. The summed E-state index contributed by atoms with van der Waals surface area (Å²) in [5.74, 6) is 0.000498. The number of esters is 1. The summed E-state index contributed by atoms with van der Waals surface area (Å²) in [6.07, 6.45) is 0. The Kier molecular flexibility index (Phi) is 4.96. The summed E-state index contributed by atoms with van der Waals surface area (Å²) < 4.78 is 11.2. The Hall–Kier alpha value is -2.32. The maximum atomic E-state index is 11.7. The van der Waals surface area contributed by atoms with E-state index >= 15 is 0 Å². The van der Waals surface area contributed by atoms with Crippen molar-refractivity contribution in [1.82, 2.24) is 0 Å². The van der Waals surface area contributed by atoms with Gasteiger partial charge in [-0.3, -0.25) is 0 Å². The van der Waals surface area contributed by atoms with E-state index in [1.54, 1.807) is 30.3 Å². The van der Waals surface area contributed by atoms with Gasteiger partial charge in [-0.1, -0.05) is 28.1 Å². The second-order valence-electron chi connectivity index (χ2n) is 4.23. The molecule has 0 aromatic heterocycles. The van der Waals surface area contributed by atoms with Gasteiger partial charge in [0, 0.05) is 4.47 Å². The molecule has 0 aliphatic rings. The number of halogens is 1. The number of hydrogen-bond acceptors (Lipinski definition) is 4. The third kappa shape index (κ3) is 3.83. The van der Waals surface area contributed by atoms with Crippen molar-refractivity contribution in [3.05, 3.63) is 63.6 Å². The molecule has 2 rings (SSSR count). The lowest BCUT2D eigenvalue weighted by molar-refractivity contribution is 0.0595. The minimum atomic E-state index is -0.453. The van der Waals surface area contributed by atoms with E-state index < -0.39 is 5.97 Å². The second-order valence-corrected chi connectivity index (χ2v) is 5.15. The lowest BCUT2D eigenvalue weighted by Gasteiger charge is -2.11. The van der Waals surface area contributed by atoms with E-state index in [0.717, 1.165) is 10.0 Å². The van der Waals surface area contributed by atoms with E-state index in [4.69, 9.17) is 14.7 Å². The van der Waals surface area contributed by atoms with E-state index in [0.29, 0.717) is 23.5 Å². The number of hydrogen-bond donors (Lipinski definition) is 0.